The van der Waals surface area contributed by atoms with Crippen LogP contribution < -0.4 is 10.1 Å². The first-order chi connectivity index (χ1) is 12.7. The monoisotopic (exact) mass is 354 g/mol. The number of nitrogens with one attached hydrogen (secondary N) is 1. The summed E-state index contributed by atoms with van der Waals surface area (Å²) in [4.78, 5) is 16.3. The number of methoxy groups -OCH3 is 1. The SMILES string of the molecule is COc1ccc(CCCC(=O)N[C@@H]2COC[C@H]2Cc2ccncc2)cc1. The number of pyridine rings is 1. The molecule has 1 aromatic heterocycles. The fourth-order valence-corrected chi connectivity index (χ4v) is 3.31. The van der Waals surface area contributed by atoms with E-state index < -0.39 is 0 Å². The largest absolute Gasteiger partial charge is 0.497 e. The van der Waals surface area contributed by atoms with Gasteiger partial charge < -0.3 is 14.8 Å². The lowest BCUT2D eigenvalue weighted by Crippen LogP contribution is -2.40. The number of amides is 1. The minimum absolute atomic E-state index is 0.0941. The van der Waals surface area contributed by atoms with E-state index >= 15 is 0 Å². The van der Waals surface area contributed by atoms with Crippen LogP contribution in [0, 0.1) is 5.92 Å². The molecule has 5 nitrogen and oxygen atoms in total. The van der Waals surface area contributed by atoms with Crippen molar-refractivity contribution in [1.29, 1.82) is 0 Å². The second-order valence-electron chi connectivity index (χ2n) is 6.73. The Morgan fingerprint density at radius 1 is 1.15 bits per heavy atom. The maximum atomic E-state index is 12.3. The normalized spacial score (nSPS) is 19.3. The number of benzene rings is 1. The molecular formula is C21H26N2O3. The lowest BCUT2D eigenvalue weighted by atomic mass is 9.95. The topological polar surface area (TPSA) is 60.5 Å². The van der Waals surface area contributed by atoms with Crippen molar-refractivity contribution in [3.8, 4) is 5.75 Å². The molecule has 138 valence electrons. The van der Waals surface area contributed by atoms with E-state index in [9.17, 15) is 4.79 Å². The molecule has 1 fully saturated rings. The average Bonchev–Trinajstić information content (AvgIpc) is 3.09. The highest BCUT2D eigenvalue weighted by molar-refractivity contribution is 5.76. The number of rotatable bonds is 8. The van der Waals surface area contributed by atoms with Gasteiger partial charge in [-0.2, -0.15) is 0 Å². The Hall–Kier alpha value is -2.40. The van der Waals surface area contributed by atoms with Gasteiger partial charge in [-0.05, 0) is 54.7 Å². The first-order valence-corrected chi connectivity index (χ1v) is 9.13. The highest BCUT2D eigenvalue weighted by Gasteiger charge is 2.29. The molecule has 2 heterocycles. The summed E-state index contributed by atoms with van der Waals surface area (Å²) in [5.74, 6) is 1.28. The third-order valence-corrected chi connectivity index (χ3v) is 4.82. The summed E-state index contributed by atoms with van der Waals surface area (Å²) in [5, 5.41) is 3.15. The van der Waals surface area contributed by atoms with E-state index in [1.54, 1.807) is 19.5 Å². The molecule has 5 heteroatoms. The Balaban J connectivity index is 1.41. The van der Waals surface area contributed by atoms with Gasteiger partial charge in [-0.15, -0.1) is 0 Å². The number of aryl methyl sites for hydroxylation is 1. The fraction of sp³-hybridized carbons (Fsp3) is 0.429. The summed E-state index contributed by atoms with van der Waals surface area (Å²) in [6, 6.07) is 12.1. The standard InChI is InChI=1S/C21H26N2O3/c1-25-19-7-5-16(6-8-19)3-2-4-21(24)23-20-15-26-14-18(20)13-17-9-11-22-12-10-17/h5-12,18,20H,2-4,13-15H2,1H3,(H,23,24)/t18-,20-/m1/s1. The molecule has 3 rings (SSSR count). The van der Waals surface area contributed by atoms with Gasteiger partial charge in [-0.1, -0.05) is 12.1 Å². The Morgan fingerprint density at radius 3 is 2.65 bits per heavy atom. The predicted octanol–water partition coefficient (Wildman–Crippen LogP) is 2.79. The number of hydrogen-bond donors (Lipinski definition) is 1. The Labute approximate surface area is 154 Å². The van der Waals surface area contributed by atoms with Gasteiger partial charge in [0.25, 0.3) is 0 Å². The number of nitrogens with zero attached hydrogens (tertiary/aromatic N) is 1. The molecule has 2 aromatic rings. The van der Waals surface area contributed by atoms with Crippen molar-refractivity contribution in [2.24, 2.45) is 5.92 Å². The minimum Gasteiger partial charge on any atom is -0.497 e. The molecule has 0 unspecified atom stereocenters. The summed E-state index contributed by atoms with van der Waals surface area (Å²) in [6.45, 7) is 1.29. The maximum Gasteiger partial charge on any atom is 0.220 e. The van der Waals surface area contributed by atoms with E-state index in [-0.39, 0.29) is 11.9 Å². The smallest absolute Gasteiger partial charge is 0.220 e. The number of aromatic nitrogens is 1. The molecule has 0 bridgehead atoms. The molecular weight excluding hydrogens is 328 g/mol. The molecule has 1 aliphatic rings. The van der Waals surface area contributed by atoms with Crippen molar-refractivity contribution in [1.82, 2.24) is 10.3 Å². The summed E-state index contributed by atoms with van der Waals surface area (Å²) in [5.41, 5.74) is 2.45. The zero-order valence-electron chi connectivity index (χ0n) is 15.2. The number of hydrogen-bond acceptors (Lipinski definition) is 4. The number of carbonyl (C=O) groups excluding carboxylic acids is 1. The molecule has 0 saturated carbocycles. The van der Waals surface area contributed by atoms with Gasteiger partial charge in [0.2, 0.25) is 5.91 Å². The van der Waals surface area contributed by atoms with E-state index in [1.165, 1.54) is 11.1 Å². The highest BCUT2D eigenvalue weighted by atomic mass is 16.5. The van der Waals surface area contributed by atoms with E-state index in [2.05, 4.69) is 10.3 Å². The van der Waals surface area contributed by atoms with Crippen LogP contribution in [0.3, 0.4) is 0 Å². The molecule has 1 saturated heterocycles. The second-order valence-corrected chi connectivity index (χ2v) is 6.73. The Kier molecular flexibility index (Phi) is 6.61. The molecule has 26 heavy (non-hydrogen) atoms. The summed E-state index contributed by atoms with van der Waals surface area (Å²) in [6.07, 6.45) is 6.76. The van der Waals surface area contributed by atoms with Crippen molar-refractivity contribution in [3.05, 3.63) is 59.9 Å². The van der Waals surface area contributed by atoms with E-state index in [1.807, 2.05) is 36.4 Å². The predicted molar refractivity (Wildman–Crippen MR) is 100 cm³/mol. The van der Waals surface area contributed by atoms with Gasteiger partial charge >= 0.3 is 0 Å². The molecule has 0 aliphatic carbocycles. The molecule has 1 aliphatic heterocycles. The quantitative estimate of drug-likeness (QED) is 0.792. The summed E-state index contributed by atoms with van der Waals surface area (Å²) >= 11 is 0. The first-order valence-electron chi connectivity index (χ1n) is 9.13. The Bertz CT molecular complexity index is 688. The van der Waals surface area contributed by atoms with Crippen LogP contribution in [0.4, 0.5) is 0 Å². The zero-order valence-corrected chi connectivity index (χ0v) is 15.2. The van der Waals surface area contributed by atoms with Gasteiger partial charge in [0.05, 0.1) is 26.4 Å². The number of ether oxygens (including phenoxy) is 2. The molecule has 2 atom stereocenters. The average molecular weight is 354 g/mol. The minimum atomic E-state index is 0.0941. The van der Waals surface area contributed by atoms with Crippen molar-refractivity contribution in [2.45, 2.75) is 31.7 Å². The molecule has 0 radical (unpaired) electrons. The van der Waals surface area contributed by atoms with Crippen LogP contribution in [-0.2, 0) is 22.4 Å². The third kappa shape index (κ3) is 5.30. The van der Waals surface area contributed by atoms with Crippen LogP contribution in [0.1, 0.15) is 24.0 Å². The second kappa shape index (κ2) is 9.34. The lowest BCUT2D eigenvalue weighted by molar-refractivity contribution is -0.122. The van der Waals surface area contributed by atoms with Crippen LogP contribution in [0.5, 0.6) is 5.75 Å². The van der Waals surface area contributed by atoms with E-state index in [0.29, 0.717) is 25.6 Å². The van der Waals surface area contributed by atoms with Crippen LogP contribution in [-0.4, -0.2) is 37.3 Å². The van der Waals surface area contributed by atoms with Gasteiger partial charge in [0, 0.05) is 24.7 Å². The molecule has 1 N–H and O–H groups in total. The van der Waals surface area contributed by atoms with Gasteiger partial charge in [-0.3, -0.25) is 9.78 Å². The van der Waals surface area contributed by atoms with Gasteiger partial charge in [0.1, 0.15) is 5.75 Å². The van der Waals surface area contributed by atoms with Crippen molar-refractivity contribution in [2.75, 3.05) is 20.3 Å². The third-order valence-electron chi connectivity index (χ3n) is 4.82. The fourth-order valence-electron chi connectivity index (χ4n) is 3.31. The molecule has 1 amide bonds. The van der Waals surface area contributed by atoms with E-state index in [4.69, 9.17) is 9.47 Å². The highest BCUT2D eigenvalue weighted by Crippen LogP contribution is 2.19. The van der Waals surface area contributed by atoms with Crippen molar-refractivity contribution >= 4 is 5.91 Å². The van der Waals surface area contributed by atoms with Crippen LogP contribution in [0.25, 0.3) is 0 Å². The summed E-state index contributed by atoms with van der Waals surface area (Å²) in [7, 11) is 1.66. The Morgan fingerprint density at radius 2 is 1.92 bits per heavy atom. The number of carbonyl (C=O) groups is 1. The summed E-state index contributed by atoms with van der Waals surface area (Å²) < 4.78 is 10.8. The van der Waals surface area contributed by atoms with Gasteiger partial charge in [-0.25, -0.2) is 0 Å². The molecule has 0 spiro atoms. The molecule has 1 aromatic carbocycles. The lowest BCUT2D eigenvalue weighted by Gasteiger charge is -2.19. The first kappa shape index (κ1) is 18.4. The maximum absolute atomic E-state index is 12.3. The van der Waals surface area contributed by atoms with E-state index in [0.717, 1.165) is 25.0 Å². The van der Waals surface area contributed by atoms with Crippen molar-refractivity contribution in [3.63, 3.8) is 0 Å². The van der Waals surface area contributed by atoms with Crippen LogP contribution in [0.2, 0.25) is 0 Å². The van der Waals surface area contributed by atoms with Crippen LogP contribution in [0.15, 0.2) is 48.8 Å². The van der Waals surface area contributed by atoms with Gasteiger partial charge in [0.15, 0.2) is 0 Å². The van der Waals surface area contributed by atoms with Crippen LogP contribution >= 0.6 is 0 Å². The van der Waals surface area contributed by atoms with Crippen molar-refractivity contribution < 1.29 is 14.3 Å². The zero-order chi connectivity index (χ0) is 18.2.